The second-order valence-electron chi connectivity index (χ2n) is 12.7. The van der Waals surface area contributed by atoms with Crippen LogP contribution in [0.2, 0.25) is 0 Å². The van der Waals surface area contributed by atoms with E-state index in [0.717, 1.165) is 16.3 Å². The zero-order valence-corrected chi connectivity index (χ0v) is 21.9. The molecule has 0 saturated carbocycles. The van der Waals surface area contributed by atoms with E-state index >= 15 is 0 Å². The molecule has 188 valence electrons. The van der Waals surface area contributed by atoms with Crippen molar-refractivity contribution in [3.05, 3.63) is 29.8 Å². The second kappa shape index (κ2) is 9.10. The molecule has 0 spiro atoms. The molecule has 1 atom stereocenters. The fourth-order valence-corrected chi connectivity index (χ4v) is 6.57. The van der Waals surface area contributed by atoms with Crippen molar-refractivity contribution >= 4 is 11.8 Å². The fourth-order valence-electron chi connectivity index (χ4n) is 6.57. The molecule has 0 amide bonds. The van der Waals surface area contributed by atoms with Gasteiger partial charge in [-0.3, -0.25) is 4.84 Å². The first-order valence-electron chi connectivity index (χ1n) is 12.1. The number of hydrogen-bond acceptors (Lipinski definition) is 5. The number of nitrogens with zero attached hydrogens (tertiary/aromatic N) is 3. The van der Waals surface area contributed by atoms with Gasteiger partial charge in [0.25, 0.3) is 0 Å². The summed E-state index contributed by atoms with van der Waals surface area (Å²) in [5.74, 6) is 5.83. The predicted molar refractivity (Wildman–Crippen MR) is 127 cm³/mol. The molecule has 0 aromatic heterocycles. The van der Waals surface area contributed by atoms with E-state index in [1.54, 1.807) is 4.58 Å². The number of nitrogens with two attached hydrogens (primary N) is 1. The van der Waals surface area contributed by atoms with Gasteiger partial charge in [0.15, 0.2) is 6.04 Å². The minimum absolute atomic E-state index is 0.0720. The summed E-state index contributed by atoms with van der Waals surface area (Å²) < 4.78 is 1.61. The lowest BCUT2D eigenvalue weighted by Gasteiger charge is -2.51. The van der Waals surface area contributed by atoms with Crippen LogP contribution in [-0.2, 0) is 20.0 Å². The molecular weight excluding hydrogens is 432 g/mol. The maximum absolute atomic E-state index is 12.8. The standard InChI is InChI=1S/C26H41N4O4/c1-23(2)13-19(14-24(3,4)29(23)32)22(34-27)18-9-11-20(12-10-18)28(17-31)21-15-25(5,6)30(33)26(7,8)16-21/h9-12,19,21-22H,13-16,27H2,1-8H3/q+1. The highest BCUT2D eigenvalue weighted by molar-refractivity contribution is 5.39. The first-order chi connectivity index (χ1) is 15.6. The molecule has 3 rings (SSSR count). The number of piperidine rings is 2. The van der Waals surface area contributed by atoms with Gasteiger partial charge in [-0.15, -0.1) is 25.1 Å². The van der Waals surface area contributed by atoms with Crippen LogP contribution in [0.25, 0.3) is 0 Å². The fraction of sp³-hybridized carbons (Fsp3) is 0.731. The molecule has 2 N–H and O–H groups in total. The molecule has 2 aliphatic rings. The molecule has 8 nitrogen and oxygen atoms in total. The molecule has 1 aromatic rings. The van der Waals surface area contributed by atoms with Crippen LogP contribution in [0.5, 0.6) is 0 Å². The summed E-state index contributed by atoms with van der Waals surface area (Å²) in [5.41, 5.74) is -0.597. The first kappa shape index (κ1) is 27.0. The van der Waals surface area contributed by atoms with Crippen LogP contribution >= 0.6 is 0 Å². The zero-order chi connectivity index (χ0) is 25.7. The molecule has 2 fully saturated rings. The molecule has 2 radical (unpaired) electrons. The number of hydrogen-bond donors (Lipinski definition) is 1. The Morgan fingerprint density at radius 2 is 1.26 bits per heavy atom. The first-order valence-corrected chi connectivity index (χ1v) is 12.1. The maximum atomic E-state index is 12.8. The van der Waals surface area contributed by atoms with E-state index in [1.807, 2.05) is 79.7 Å². The van der Waals surface area contributed by atoms with Gasteiger partial charge >= 0.3 is 6.08 Å². The lowest BCUT2D eigenvalue weighted by molar-refractivity contribution is -0.504. The Morgan fingerprint density at radius 1 is 0.853 bits per heavy atom. The predicted octanol–water partition coefficient (Wildman–Crippen LogP) is 4.58. The topological polar surface area (TPSA) is 102 Å². The highest BCUT2D eigenvalue weighted by Gasteiger charge is 2.51. The Morgan fingerprint density at radius 3 is 1.65 bits per heavy atom. The summed E-state index contributed by atoms with van der Waals surface area (Å²) in [6.07, 6.45) is 4.18. The van der Waals surface area contributed by atoms with Gasteiger partial charge in [-0.1, -0.05) is 0 Å². The quantitative estimate of drug-likeness (QED) is 0.292. The molecule has 0 bridgehead atoms. The molecule has 2 heterocycles. The zero-order valence-electron chi connectivity index (χ0n) is 21.9. The number of benzene rings is 1. The lowest BCUT2D eigenvalue weighted by Crippen LogP contribution is -2.60. The van der Waals surface area contributed by atoms with E-state index in [0.29, 0.717) is 25.7 Å². The largest absolute Gasteiger partial charge is 0.430 e. The summed E-state index contributed by atoms with van der Waals surface area (Å²) in [6, 6.07) is 7.49. The molecule has 8 heteroatoms. The van der Waals surface area contributed by atoms with Crippen LogP contribution < -0.4 is 5.90 Å². The van der Waals surface area contributed by atoms with Gasteiger partial charge in [0.2, 0.25) is 5.69 Å². The number of hydroxylamine groups is 4. The van der Waals surface area contributed by atoms with Crippen molar-refractivity contribution in [2.75, 3.05) is 0 Å². The Balaban J connectivity index is 1.85. The third kappa shape index (κ3) is 5.00. The molecule has 0 aliphatic carbocycles. The highest BCUT2D eigenvalue weighted by Crippen LogP contribution is 2.46. The molecular formula is C26H41N4O4+. The van der Waals surface area contributed by atoms with Crippen LogP contribution in [0.3, 0.4) is 0 Å². The van der Waals surface area contributed by atoms with Gasteiger partial charge in [0, 0.05) is 36.1 Å². The molecule has 34 heavy (non-hydrogen) atoms. The van der Waals surface area contributed by atoms with Crippen molar-refractivity contribution in [2.45, 2.75) is 115 Å². The van der Waals surface area contributed by atoms with Crippen molar-refractivity contribution in [1.82, 2.24) is 10.1 Å². The van der Waals surface area contributed by atoms with E-state index in [4.69, 9.17) is 10.7 Å². The third-order valence-electron chi connectivity index (χ3n) is 7.73. The average Bonchev–Trinajstić information content (AvgIpc) is 2.71. The summed E-state index contributed by atoms with van der Waals surface area (Å²) in [7, 11) is 0. The number of carbonyl (C=O) groups excluding carboxylic acids is 1. The summed E-state index contributed by atoms with van der Waals surface area (Å²) in [5, 5.41) is 27.8. The van der Waals surface area contributed by atoms with Gasteiger partial charge in [-0.05, 0) is 91.8 Å². The van der Waals surface area contributed by atoms with Crippen LogP contribution in [0, 0.1) is 5.92 Å². The monoisotopic (exact) mass is 473 g/mol. The minimum atomic E-state index is -0.587. The Labute approximate surface area is 203 Å². The molecule has 2 aliphatic heterocycles. The second-order valence-corrected chi connectivity index (χ2v) is 12.7. The third-order valence-corrected chi connectivity index (χ3v) is 7.73. The summed E-state index contributed by atoms with van der Waals surface area (Å²) in [4.78, 5) is 17.5. The molecule has 2 saturated heterocycles. The van der Waals surface area contributed by atoms with Crippen LogP contribution in [0.4, 0.5) is 5.69 Å². The van der Waals surface area contributed by atoms with E-state index < -0.39 is 22.2 Å². The van der Waals surface area contributed by atoms with E-state index in [9.17, 15) is 15.2 Å². The van der Waals surface area contributed by atoms with Crippen molar-refractivity contribution in [2.24, 2.45) is 11.8 Å². The van der Waals surface area contributed by atoms with Gasteiger partial charge in [-0.25, -0.2) is 5.90 Å². The van der Waals surface area contributed by atoms with Crippen LogP contribution in [0.1, 0.15) is 92.7 Å². The molecule has 1 aromatic carbocycles. The Bertz CT molecular complexity index is 899. The average molecular weight is 474 g/mol. The normalized spacial score (nSPS) is 26.1. The Kier molecular flexibility index (Phi) is 7.21. The van der Waals surface area contributed by atoms with Crippen LogP contribution in [-0.4, -0.2) is 49.0 Å². The minimum Gasteiger partial charge on any atom is -0.296 e. The van der Waals surface area contributed by atoms with Crippen LogP contribution in [0.15, 0.2) is 24.3 Å². The van der Waals surface area contributed by atoms with E-state index in [-0.39, 0.29) is 18.1 Å². The van der Waals surface area contributed by atoms with Crippen molar-refractivity contribution in [1.29, 1.82) is 0 Å². The molecule has 1 unspecified atom stereocenters. The van der Waals surface area contributed by atoms with Gasteiger partial charge in [0.05, 0.1) is 11.1 Å². The SMILES string of the molecule is CC1(C)CC(C(ON)c2ccc([N+](=C=O)C3CC(C)(C)N([O])C(C)(C)C3)cc2)CC(C)(C)N1[O]. The Hall–Kier alpha value is -1.64. The lowest BCUT2D eigenvalue weighted by atomic mass is 9.72. The number of rotatable bonds is 5. The van der Waals surface area contributed by atoms with Gasteiger partial charge < -0.3 is 0 Å². The van der Waals surface area contributed by atoms with Crippen molar-refractivity contribution in [3.8, 4) is 0 Å². The summed E-state index contributed by atoms with van der Waals surface area (Å²) in [6.45, 7) is 15.5. The number of isocyanates is 1. The highest BCUT2D eigenvalue weighted by atomic mass is 16.6. The summed E-state index contributed by atoms with van der Waals surface area (Å²) >= 11 is 0. The van der Waals surface area contributed by atoms with E-state index in [2.05, 4.69) is 6.08 Å². The van der Waals surface area contributed by atoms with Gasteiger partial charge in [0.1, 0.15) is 6.10 Å². The van der Waals surface area contributed by atoms with Crippen molar-refractivity contribution in [3.63, 3.8) is 0 Å². The van der Waals surface area contributed by atoms with E-state index in [1.165, 1.54) is 5.06 Å². The maximum Gasteiger partial charge on any atom is 0.430 e. The van der Waals surface area contributed by atoms with Gasteiger partial charge in [-0.2, -0.15) is 4.79 Å². The smallest absolute Gasteiger partial charge is 0.296 e. The van der Waals surface area contributed by atoms with Crippen molar-refractivity contribution < 1.29 is 24.6 Å².